The minimum Gasteiger partial charge on any atom is -0.377 e. The van der Waals surface area contributed by atoms with Gasteiger partial charge in [0.25, 0.3) is 11.5 Å². The Morgan fingerprint density at radius 1 is 1.13 bits per heavy atom. The lowest BCUT2D eigenvalue weighted by Gasteiger charge is -2.40. The average molecular weight is 684 g/mol. The molecule has 3 atom stereocenters. The number of fused-ring (bicyclic) bond motifs is 1. The predicted molar refractivity (Wildman–Crippen MR) is 184 cm³/mol. The molecule has 15 heteroatoms. The van der Waals surface area contributed by atoms with Gasteiger partial charge in [0.2, 0.25) is 16.0 Å². The lowest BCUT2D eigenvalue weighted by Crippen LogP contribution is -2.44. The van der Waals surface area contributed by atoms with E-state index in [0.717, 1.165) is 68.6 Å². The number of carbonyl (C=O) groups excluding carboxylic acids is 1. The molecule has 5 heterocycles. The van der Waals surface area contributed by atoms with Crippen LogP contribution >= 0.6 is 11.6 Å². The molecule has 3 aliphatic rings. The molecule has 2 fully saturated rings. The molecule has 1 amide bonds. The first-order valence-electron chi connectivity index (χ1n) is 15.9. The van der Waals surface area contributed by atoms with Gasteiger partial charge in [0.15, 0.2) is 5.82 Å². The zero-order chi connectivity index (χ0) is 33.8. The quantitative estimate of drug-likeness (QED) is 0.284. The van der Waals surface area contributed by atoms with Crippen LogP contribution in [0.1, 0.15) is 50.3 Å². The summed E-state index contributed by atoms with van der Waals surface area (Å²) in [6, 6.07) is 5.48. The number of aryl methyl sites for hydroxylation is 2. The number of hydrogen-bond acceptors (Lipinski definition) is 10. The van der Waals surface area contributed by atoms with Gasteiger partial charge < -0.3 is 15.1 Å². The number of amides is 1. The van der Waals surface area contributed by atoms with Crippen LogP contribution in [0.3, 0.4) is 0 Å². The lowest BCUT2D eigenvalue weighted by molar-refractivity contribution is -0.113. The summed E-state index contributed by atoms with van der Waals surface area (Å²) in [5.74, 6) is 0.559. The SMILES string of the molecule is Cc1cc([C@@H](C)NC2=CC(C)C(Cl)N=C2C(=O)NS(C)(=O)=O)c2nc(N3CCC4(CCN(c5ccn(C)n5)C4)CC3)n(C)c(=O)c2c1. The number of nitrogens with zero attached hydrogens (tertiary/aromatic N) is 7. The molecule has 0 bridgehead atoms. The molecule has 3 aromatic rings. The Morgan fingerprint density at radius 3 is 2.45 bits per heavy atom. The van der Waals surface area contributed by atoms with Gasteiger partial charge in [-0.25, -0.2) is 18.1 Å². The number of anilines is 2. The van der Waals surface area contributed by atoms with E-state index in [1.807, 2.05) is 55.6 Å². The van der Waals surface area contributed by atoms with Crippen LogP contribution < -0.4 is 25.4 Å². The summed E-state index contributed by atoms with van der Waals surface area (Å²) in [6.45, 7) is 9.24. The van der Waals surface area contributed by atoms with Crippen molar-refractivity contribution in [2.45, 2.75) is 51.6 Å². The van der Waals surface area contributed by atoms with Gasteiger partial charge in [0.1, 0.15) is 11.2 Å². The number of carbonyl (C=O) groups is 1. The van der Waals surface area contributed by atoms with Crippen LogP contribution in [0.4, 0.5) is 11.8 Å². The number of alkyl halides is 1. The summed E-state index contributed by atoms with van der Waals surface area (Å²) in [4.78, 5) is 40.7. The third kappa shape index (κ3) is 6.62. The van der Waals surface area contributed by atoms with Crippen molar-refractivity contribution in [2.75, 3.05) is 42.2 Å². The van der Waals surface area contributed by atoms with Crippen LogP contribution in [0.25, 0.3) is 10.9 Å². The van der Waals surface area contributed by atoms with E-state index in [2.05, 4.69) is 31.3 Å². The topological polar surface area (TPSA) is 147 Å². The Morgan fingerprint density at radius 2 is 1.81 bits per heavy atom. The second kappa shape index (κ2) is 12.3. The van der Waals surface area contributed by atoms with E-state index < -0.39 is 27.5 Å². The first kappa shape index (κ1) is 33.0. The molecule has 252 valence electrons. The van der Waals surface area contributed by atoms with Crippen LogP contribution in [0, 0.1) is 18.3 Å². The molecule has 2 unspecified atom stereocenters. The lowest BCUT2D eigenvalue weighted by atomic mass is 9.78. The van der Waals surface area contributed by atoms with Gasteiger partial charge in [-0.05, 0) is 50.2 Å². The third-order valence-electron chi connectivity index (χ3n) is 9.60. The van der Waals surface area contributed by atoms with Gasteiger partial charge in [0, 0.05) is 64.0 Å². The van der Waals surface area contributed by atoms with Crippen molar-refractivity contribution in [1.29, 1.82) is 0 Å². The zero-order valence-corrected chi connectivity index (χ0v) is 29.2. The van der Waals surface area contributed by atoms with E-state index in [1.165, 1.54) is 0 Å². The van der Waals surface area contributed by atoms with Gasteiger partial charge in [-0.2, -0.15) is 5.10 Å². The molecule has 13 nitrogen and oxygen atoms in total. The molecule has 0 radical (unpaired) electrons. The number of aliphatic imine (C=N–C) groups is 1. The fourth-order valence-corrected chi connectivity index (χ4v) is 7.61. The predicted octanol–water partition coefficient (Wildman–Crippen LogP) is 2.74. The van der Waals surface area contributed by atoms with E-state index >= 15 is 0 Å². The Kier molecular flexibility index (Phi) is 8.62. The Bertz CT molecular complexity index is 1960. The van der Waals surface area contributed by atoms with Crippen LogP contribution in [0.15, 0.2) is 46.0 Å². The highest BCUT2D eigenvalue weighted by Gasteiger charge is 2.42. The molecule has 0 aliphatic carbocycles. The summed E-state index contributed by atoms with van der Waals surface area (Å²) in [5.41, 5.74) is 1.86. The maximum absolute atomic E-state index is 13.8. The molecule has 47 heavy (non-hydrogen) atoms. The van der Waals surface area contributed by atoms with Crippen molar-refractivity contribution < 1.29 is 13.2 Å². The zero-order valence-electron chi connectivity index (χ0n) is 27.6. The number of sulfonamides is 1. The van der Waals surface area contributed by atoms with E-state index in [4.69, 9.17) is 16.6 Å². The Balaban J connectivity index is 1.27. The maximum atomic E-state index is 13.8. The van der Waals surface area contributed by atoms with Crippen molar-refractivity contribution in [1.82, 2.24) is 29.4 Å². The average Bonchev–Trinajstić information content (AvgIpc) is 3.62. The van der Waals surface area contributed by atoms with Gasteiger partial charge in [-0.3, -0.25) is 23.8 Å². The molecular weight excluding hydrogens is 642 g/mol. The van der Waals surface area contributed by atoms with Crippen LogP contribution in [0.2, 0.25) is 0 Å². The van der Waals surface area contributed by atoms with Crippen molar-refractivity contribution in [3.05, 3.63) is 57.6 Å². The molecule has 0 saturated carbocycles. The number of rotatable bonds is 7. The van der Waals surface area contributed by atoms with E-state index in [-0.39, 0.29) is 22.6 Å². The minimum atomic E-state index is -3.82. The van der Waals surface area contributed by atoms with Gasteiger partial charge in [-0.1, -0.05) is 30.7 Å². The number of dihydropyridines is 1. The van der Waals surface area contributed by atoms with Crippen molar-refractivity contribution >= 4 is 55.9 Å². The first-order chi connectivity index (χ1) is 22.1. The Labute approximate surface area is 279 Å². The van der Waals surface area contributed by atoms with Crippen LogP contribution in [-0.4, -0.2) is 77.3 Å². The molecule has 2 N–H and O–H groups in total. The normalized spacial score (nSPS) is 21.9. The Hall–Kier alpha value is -3.91. The molecular formula is C32H42ClN9O4S. The fourth-order valence-electron chi connectivity index (χ4n) is 7.00. The number of aromatic nitrogens is 4. The third-order valence-corrected chi connectivity index (χ3v) is 10.7. The second-order valence-electron chi connectivity index (χ2n) is 13.4. The van der Waals surface area contributed by atoms with Gasteiger partial charge in [0.05, 0.1) is 28.9 Å². The fraction of sp³-hybridized carbons (Fsp3) is 0.531. The molecule has 6 rings (SSSR count). The van der Waals surface area contributed by atoms with E-state index in [0.29, 0.717) is 22.5 Å². The monoisotopic (exact) mass is 683 g/mol. The van der Waals surface area contributed by atoms with Gasteiger partial charge in [-0.15, -0.1) is 0 Å². The second-order valence-corrected chi connectivity index (χ2v) is 15.6. The summed E-state index contributed by atoms with van der Waals surface area (Å²) in [5, 5.41) is 8.46. The van der Waals surface area contributed by atoms with E-state index in [9.17, 15) is 18.0 Å². The van der Waals surface area contributed by atoms with Crippen molar-refractivity contribution in [2.24, 2.45) is 30.4 Å². The number of hydrogen-bond donors (Lipinski definition) is 2. The number of piperidine rings is 1. The highest BCUT2D eigenvalue weighted by molar-refractivity contribution is 7.89. The van der Waals surface area contributed by atoms with Crippen molar-refractivity contribution in [3.63, 3.8) is 0 Å². The molecule has 2 saturated heterocycles. The largest absolute Gasteiger partial charge is 0.377 e. The standard InChI is InChI=1S/C32H42ClN9O4S/c1-19-15-22(21(3)34-24-17-20(2)28(33)35-27(24)29(43)38-47(6,45)46)26-23(16-19)30(44)40(5)31(36-26)41-12-8-32(9-13-41)10-14-42(18-32)25-7-11-39(4)37-25/h7,11,15-17,20-21,28,34H,8-10,12-14,18H2,1-6H3,(H,38,43)/t20?,21-,28?/m1/s1. The summed E-state index contributed by atoms with van der Waals surface area (Å²) in [6.07, 6.45) is 7.76. The number of benzene rings is 1. The van der Waals surface area contributed by atoms with Gasteiger partial charge >= 0.3 is 0 Å². The summed E-state index contributed by atoms with van der Waals surface area (Å²) >= 11 is 6.35. The summed E-state index contributed by atoms with van der Waals surface area (Å²) < 4.78 is 29.1. The van der Waals surface area contributed by atoms with Crippen LogP contribution in [-0.2, 0) is 28.9 Å². The molecule has 1 spiro atoms. The smallest absolute Gasteiger partial charge is 0.285 e. The minimum absolute atomic E-state index is 0.0994. The summed E-state index contributed by atoms with van der Waals surface area (Å²) in [7, 11) is -0.113. The number of nitrogens with one attached hydrogen (secondary N) is 2. The van der Waals surface area contributed by atoms with Crippen LogP contribution in [0.5, 0.6) is 0 Å². The maximum Gasteiger partial charge on any atom is 0.285 e. The number of halogens is 1. The van der Waals surface area contributed by atoms with E-state index in [1.54, 1.807) is 17.7 Å². The highest BCUT2D eigenvalue weighted by atomic mass is 35.5. The first-order valence-corrected chi connectivity index (χ1v) is 18.2. The highest BCUT2D eigenvalue weighted by Crippen LogP contribution is 2.42. The van der Waals surface area contributed by atoms with Crippen molar-refractivity contribution in [3.8, 4) is 0 Å². The molecule has 2 aromatic heterocycles. The molecule has 1 aromatic carbocycles. The molecule has 3 aliphatic heterocycles.